The van der Waals surface area contributed by atoms with Crippen LogP contribution in [0.3, 0.4) is 0 Å². The average molecular weight is 251 g/mol. The molecule has 0 aliphatic rings. The first-order valence-corrected chi connectivity index (χ1v) is 5.56. The van der Waals surface area contributed by atoms with Gasteiger partial charge >= 0.3 is 0 Å². The van der Waals surface area contributed by atoms with E-state index >= 15 is 0 Å². The highest BCUT2D eigenvalue weighted by Gasteiger charge is 2.01. The number of hydrogen-bond donors (Lipinski definition) is 0. The molecule has 0 saturated carbocycles. The van der Waals surface area contributed by atoms with Gasteiger partial charge in [0.05, 0.1) is 18.7 Å². The normalized spacial score (nSPS) is 10.0. The quantitative estimate of drug-likeness (QED) is 0.783. The van der Waals surface area contributed by atoms with E-state index in [2.05, 4.69) is 10.2 Å². The summed E-state index contributed by atoms with van der Waals surface area (Å²) < 4.78 is 10.6. The van der Waals surface area contributed by atoms with Gasteiger partial charge in [0.15, 0.2) is 0 Å². The van der Waals surface area contributed by atoms with Crippen LogP contribution in [0.5, 0.6) is 17.4 Å². The van der Waals surface area contributed by atoms with Gasteiger partial charge in [-0.2, -0.15) is 5.10 Å². The Kier molecular flexibility index (Phi) is 3.77. The van der Waals surface area contributed by atoms with E-state index in [9.17, 15) is 0 Å². The monoisotopic (exact) mass is 250 g/mol. The molecule has 4 nitrogen and oxygen atoms in total. The number of rotatable bonds is 4. The molecule has 0 aliphatic carbocycles. The molecule has 0 radical (unpaired) electrons. The fourth-order valence-electron chi connectivity index (χ4n) is 1.26. The molecule has 2 rings (SSSR count). The average Bonchev–Trinajstić information content (AvgIpc) is 2.40. The van der Waals surface area contributed by atoms with Crippen LogP contribution in [-0.4, -0.2) is 17.3 Å². The Morgan fingerprint density at radius 2 is 1.94 bits per heavy atom. The lowest BCUT2D eigenvalue weighted by molar-refractivity contribution is 0.406. The van der Waals surface area contributed by atoms with Crippen LogP contribution in [0.2, 0.25) is 0 Å². The Balaban J connectivity index is 2.13. The zero-order valence-corrected chi connectivity index (χ0v) is 10.0. The third-order valence-electron chi connectivity index (χ3n) is 2.10. The molecular weight excluding hydrogens is 240 g/mol. The molecule has 1 aromatic heterocycles. The van der Waals surface area contributed by atoms with Crippen molar-refractivity contribution in [2.24, 2.45) is 0 Å². The van der Waals surface area contributed by atoms with Gasteiger partial charge < -0.3 is 9.47 Å². The van der Waals surface area contributed by atoms with Gasteiger partial charge in [-0.25, -0.2) is 0 Å². The first-order valence-electron chi connectivity index (χ1n) is 5.02. The van der Waals surface area contributed by atoms with Crippen molar-refractivity contribution < 1.29 is 9.47 Å². The molecule has 17 heavy (non-hydrogen) atoms. The van der Waals surface area contributed by atoms with Crippen molar-refractivity contribution in [2.45, 2.75) is 5.88 Å². The molecule has 88 valence electrons. The Hall–Kier alpha value is -1.81. The number of nitrogens with zero attached hydrogens (tertiary/aromatic N) is 2. The lowest BCUT2D eigenvalue weighted by atomic mass is 10.3. The summed E-state index contributed by atoms with van der Waals surface area (Å²) in [6.07, 6.45) is 0. The fraction of sp³-hybridized carbons (Fsp3) is 0.167. The summed E-state index contributed by atoms with van der Waals surface area (Å²) in [5.41, 5.74) is 0.713. The molecular formula is C12H11ClN2O2. The molecule has 0 bridgehead atoms. The lowest BCUT2D eigenvalue weighted by Gasteiger charge is -2.05. The molecule has 0 spiro atoms. The Morgan fingerprint density at radius 1 is 1.12 bits per heavy atom. The van der Waals surface area contributed by atoms with E-state index < -0.39 is 0 Å². The topological polar surface area (TPSA) is 44.2 Å². The number of aromatic nitrogens is 2. The summed E-state index contributed by atoms with van der Waals surface area (Å²) >= 11 is 5.62. The zero-order chi connectivity index (χ0) is 12.1. The smallest absolute Gasteiger partial charge is 0.238 e. The van der Waals surface area contributed by atoms with E-state index in [0.717, 1.165) is 5.75 Å². The Morgan fingerprint density at radius 3 is 2.59 bits per heavy atom. The maximum Gasteiger partial charge on any atom is 0.238 e. The third kappa shape index (κ3) is 3.07. The zero-order valence-electron chi connectivity index (χ0n) is 9.26. The van der Waals surface area contributed by atoms with Crippen LogP contribution in [0.25, 0.3) is 0 Å². The fourth-order valence-corrected chi connectivity index (χ4v) is 1.40. The summed E-state index contributed by atoms with van der Waals surface area (Å²) in [7, 11) is 1.61. The standard InChI is InChI=1S/C12H11ClN2O2/c1-16-10-3-2-4-11(7-10)17-12-6-5-9(8-13)14-15-12/h2-7H,8H2,1H3. The summed E-state index contributed by atoms with van der Waals surface area (Å²) in [6, 6.07) is 10.8. The largest absolute Gasteiger partial charge is 0.497 e. The highest BCUT2D eigenvalue weighted by molar-refractivity contribution is 6.16. The molecule has 0 atom stereocenters. The molecule has 0 unspecified atom stereocenters. The van der Waals surface area contributed by atoms with Gasteiger partial charge in [-0.3, -0.25) is 0 Å². The Labute approximate surface area is 104 Å². The van der Waals surface area contributed by atoms with Gasteiger partial charge in [0, 0.05) is 12.1 Å². The summed E-state index contributed by atoms with van der Waals surface area (Å²) in [6.45, 7) is 0. The van der Waals surface area contributed by atoms with Crippen LogP contribution in [0.15, 0.2) is 36.4 Å². The van der Waals surface area contributed by atoms with E-state index in [-0.39, 0.29) is 0 Å². The summed E-state index contributed by atoms with van der Waals surface area (Å²) in [4.78, 5) is 0. The highest BCUT2D eigenvalue weighted by Crippen LogP contribution is 2.23. The van der Waals surface area contributed by atoms with Crippen LogP contribution >= 0.6 is 11.6 Å². The number of benzene rings is 1. The molecule has 0 N–H and O–H groups in total. The Bertz CT molecular complexity index is 488. The minimum Gasteiger partial charge on any atom is -0.497 e. The first-order chi connectivity index (χ1) is 8.31. The SMILES string of the molecule is COc1cccc(Oc2ccc(CCl)nn2)c1. The van der Waals surface area contributed by atoms with Gasteiger partial charge in [-0.15, -0.1) is 16.7 Å². The number of methoxy groups -OCH3 is 1. The second-order valence-electron chi connectivity index (χ2n) is 3.28. The molecule has 0 aliphatic heterocycles. The van der Waals surface area contributed by atoms with Crippen molar-refractivity contribution in [1.82, 2.24) is 10.2 Å². The number of hydrogen-bond acceptors (Lipinski definition) is 4. The van der Waals surface area contributed by atoms with Crippen LogP contribution in [0.1, 0.15) is 5.69 Å². The molecule has 0 fully saturated rings. The van der Waals surface area contributed by atoms with Gasteiger partial charge in [0.25, 0.3) is 0 Å². The van der Waals surface area contributed by atoms with Crippen molar-refractivity contribution in [1.29, 1.82) is 0 Å². The van der Waals surface area contributed by atoms with Gasteiger partial charge in [0.2, 0.25) is 5.88 Å². The van der Waals surface area contributed by atoms with E-state index in [1.807, 2.05) is 18.2 Å². The van der Waals surface area contributed by atoms with Crippen LogP contribution in [0.4, 0.5) is 0 Å². The predicted molar refractivity (Wildman–Crippen MR) is 64.7 cm³/mol. The maximum atomic E-state index is 5.62. The lowest BCUT2D eigenvalue weighted by Crippen LogP contribution is -1.93. The van der Waals surface area contributed by atoms with Gasteiger partial charge in [-0.1, -0.05) is 6.07 Å². The van der Waals surface area contributed by atoms with E-state index in [1.165, 1.54) is 0 Å². The van der Waals surface area contributed by atoms with Gasteiger partial charge in [-0.05, 0) is 18.2 Å². The van der Waals surface area contributed by atoms with E-state index in [4.69, 9.17) is 21.1 Å². The number of alkyl halides is 1. The highest BCUT2D eigenvalue weighted by atomic mass is 35.5. The molecule has 2 aromatic rings. The van der Waals surface area contributed by atoms with Gasteiger partial charge in [0.1, 0.15) is 11.5 Å². The van der Waals surface area contributed by atoms with Crippen molar-refractivity contribution in [2.75, 3.05) is 7.11 Å². The molecule has 5 heteroatoms. The minimum absolute atomic E-state index is 0.340. The molecule has 0 saturated heterocycles. The van der Waals surface area contributed by atoms with Crippen molar-refractivity contribution in [3.8, 4) is 17.4 Å². The maximum absolute atomic E-state index is 5.62. The van der Waals surface area contributed by atoms with Crippen molar-refractivity contribution in [3.05, 3.63) is 42.1 Å². The first kappa shape index (κ1) is 11.7. The predicted octanol–water partition coefficient (Wildman–Crippen LogP) is 3.02. The van der Waals surface area contributed by atoms with Crippen LogP contribution in [0, 0.1) is 0 Å². The molecule has 1 heterocycles. The van der Waals surface area contributed by atoms with Crippen LogP contribution in [-0.2, 0) is 5.88 Å². The summed E-state index contributed by atoms with van der Waals surface area (Å²) in [5.74, 6) is 2.14. The number of halogens is 1. The van der Waals surface area contributed by atoms with E-state index in [1.54, 1.807) is 25.3 Å². The van der Waals surface area contributed by atoms with Crippen molar-refractivity contribution in [3.63, 3.8) is 0 Å². The summed E-state index contributed by atoms with van der Waals surface area (Å²) in [5, 5.41) is 7.80. The molecule has 1 aromatic carbocycles. The van der Waals surface area contributed by atoms with E-state index in [0.29, 0.717) is 23.2 Å². The third-order valence-corrected chi connectivity index (χ3v) is 2.37. The van der Waals surface area contributed by atoms with Crippen LogP contribution < -0.4 is 9.47 Å². The van der Waals surface area contributed by atoms with Crippen molar-refractivity contribution >= 4 is 11.6 Å². The minimum atomic E-state index is 0.340. The second-order valence-corrected chi connectivity index (χ2v) is 3.54. The molecule has 0 amide bonds. The second kappa shape index (κ2) is 5.50. The number of ether oxygens (including phenoxy) is 2.